The predicted octanol–water partition coefficient (Wildman–Crippen LogP) is 2.19. The number of hydrogen-bond donors (Lipinski definition) is 0. The van der Waals surface area contributed by atoms with Gasteiger partial charge < -0.3 is 4.90 Å². The Labute approximate surface area is 176 Å². The molecule has 1 fully saturated rings. The van der Waals surface area contributed by atoms with Crippen molar-refractivity contribution in [2.24, 2.45) is 0 Å². The van der Waals surface area contributed by atoms with Gasteiger partial charge in [0.05, 0.1) is 18.8 Å². The first-order chi connectivity index (χ1) is 13.9. The standard InChI is InChI=1S/C21H27N3O3S2/c1-29(26,27)23-11-5-10-22(13-14-23)16-20(25)24-12-8-19-18(9-15-28-19)21(24)17-6-3-2-4-7-17/h2-4,6-7,9,15,21H,5,8,10-14,16H2,1H3. The molecule has 2 aliphatic heterocycles. The lowest BCUT2D eigenvalue weighted by Gasteiger charge is -2.37. The van der Waals surface area contributed by atoms with Crippen LogP contribution in [-0.2, 0) is 21.2 Å². The summed E-state index contributed by atoms with van der Waals surface area (Å²) < 4.78 is 25.2. The number of fused-ring (bicyclic) bond motifs is 1. The van der Waals surface area contributed by atoms with Gasteiger partial charge in [0.1, 0.15) is 0 Å². The molecule has 156 valence electrons. The van der Waals surface area contributed by atoms with E-state index in [1.165, 1.54) is 21.0 Å². The molecule has 1 atom stereocenters. The fraction of sp³-hybridized carbons (Fsp3) is 0.476. The number of rotatable bonds is 4. The molecule has 6 nitrogen and oxygen atoms in total. The van der Waals surface area contributed by atoms with Crippen LogP contribution in [0, 0.1) is 0 Å². The van der Waals surface area contributed by atoms with E-state index in [4.69, 9.17) is 0 Å². The fourth-order valence-electron chi connectivity index (χ4n) is 4.30. The van der Waals surface area contributed by atoms with E-state index in [0.717, 1.165) is 31.5 Å². The second kappa shape index (κ2) is 8.55. The largest absolute Gasteiger partial charge is 0.330 e. The van der Waals surface area contributed by atoms with Crippen LogP contribution in [0.4, 0.5) is 0 Å². The van der Waals surface area contributed by atoms with Gasteiger partial charge in [-0.25, -0.2) is 12.7 Å². The van der Waals surface area contributed by atoms with Gasteiger partial charge in [-0.2, -0.15) is 0 Å². The highest BCUT2D eigenvalue weighted by Gasteiger charge is 2.33. The minimum Gasteiger partial charge on any atom is -0.330 e. The van der Waals surface area contributed by atoms with E-state index in [1.54, 1.807) is 11.3 Å². The van der Waals surface area contributed by atoms with Gasteiger partial charge in [0.2, 0.25) is 15.9 Å². The highest BCUT2D eigenvalue weighted by molar-refractivity contribution is 7.88. The number of carbonyl (C=O) groups is 1. The van der Waals surface area contributed by atoms with Gasteiger partial charge >= 0.3 is 0 Å². The Hall–Kier alpha value is -1.74. The first-order valence-electron chi connectivity index (χ1n) is 10.0. The Bertz CT molecular complexity index is 959. The van der Waals surface area contributed by atoms with Crippen LogP contribution in [0.25, 0.3) is 0 Å². The molecule has 1 aromatic carbocycles. The summed E-state index contributed by atoms with van der Waals surface area (Å²) in [5, 5.41) is 2.11. The molecule has 3 heterocycles. The maximum atomic E-state index is 13.3. The van der Waals surface area contributed by atoms with Crippen LogP contribution < -0.4 is 0 Å². The quantitative estimate of drug-likeness (QED) is 0.742. The number of nitrogens with zero attached hydrogens (tertiary/aromatic N) is 3. The first-order valence-corrected chi connectivity index (χ1v) is 12.7. The Morgan fingerprint density at radius 3 is 2.62 bits per heavy atom. The summed E-state index contributed by atoms with van der Waals surface area (Å²) in [5.41, 5.74) is 2.37. The molecule has 1 saturated heterocycles. The molecule has 0 spiro atoms. The smallest absolute Gasteiger partial charge is 0.237 e. The lowest BCUT2D eigenvalue weighted by molar-refractivity contribution is -0.134. The van der Waals surface area contributed by atoms with Crippen molar-refractivity contribution < 1.29 is 13.2 Å². The predicted molar refractivity (Wildman–Crippen MR) is 115 cm³/mol. The summed E-state index contributed by atoms with van der Waals surface area (Å²) in [5.74, 6) is 0.114. The zero-order chi connectivity index (χ0) is 20.4. The monoisotopic (exact) mass is 433 g/mol. The molecule has 0 N–H and O–H groups in total. The maximum absolute atomic E-state index is 13.3. The average molecular weight is 434 g/mol. The molecule has 0 saturated carbocycles. The van der Waals surface area contributed by atoms with Gasteiger partial charge in [-0.1, -0.05) is 30.3 Å². The summed E-state index contributed by atoms with van der Waals surface area (Å²) in [6.07, 6.45) is 2.89. The Morgan fingerprint density at radius 1 is 1.07 bits per heavy atom. The van der Waals surface area contributed by atoms with Crippen molar-refractivity contribution in [1.82, 2.24) is 14.1 Å². The summed E-state index contributed by atoms with van der Waals surface area (Å²) in [6.45, 7) is 3.36. The number of amides is 1. The summed E-state index contributed by atoms with van der Waals surface area (Å²) >= 11 is 1.77. The normalized spacial score (nSPS) is 21.6. The minimum atomic E-state index is -3.18. The van der Waals surface area contributed by atoms with Crippen molar-refractivity contribution in [1.29, 1.82) is 0 Å². The molecule has 0 bridgehead atoms. The third-order valence-corrected chi connectivity index (χ3v) is 8.08. The topological polar surface area (TPSA) is 60.9 Å². The van der Waals surface area contributed by atoms with E-state index in [-0.39, 0.29) is 11.9 Å². The summed E-state index contributed by atoms with van der Waals surface area (Å²) in [6, 6.07) is 12.3. The number of sulfonamides is 1. The van der Waals surface area contributed by atoms with Crippen LogP contribution in [0.15, 0.2) is 41.8 Å². The third kappa shape index (κ3) is 4.55. The van der Waals surface area contributed by atoms with Crippen LogP contribution >= 0.6 is 11.3 Å². The van der Waals surface area contributed by atoms with E-state index < -0.39 is 10.0 Å². The second-order valence-corrected chi connectivity index (χ2v) is 10.7. The van der Waals surface area contributed by atoms with E-state index in [1.807, 2.05) is 23.1 Å². The molecule has 1 unspecified atom stereocenters. The van der Waals surface area contributed by atoms with Gasteiger partial charge in [-0.15, -0.1) is 11.3 Å². The fourth-order valence-corrected chi connectivity index (χ4v) is 6.08. The molecule has 2 aromatic rings. The zero-order valence-electron chi connectivity index (χ0n) is 16.7. The third-order valence-electron chi connectivity index (χ3n) is 5.78. The first kappa shape index (κ1) is 20.5. The van der Waals surface area contributed by atoms with Gasteiger partial charge in [-0.05, 0) is 42.0 Å². The van der Waals surface area contributed by atoms with E-state index >= 15 is 0 Å². The molecule has 8 heteroatoms. The lowest BCUT2D eigenvalue weighted by atomic mass is 9.93. The summed E-state index contributed by atoms with van der Waals surface area (Å²) in [4.78, 5) is 18.8. The van der Waals surface area contributed by atoms with E-state index in [0.29, 0.717) is 26.2 Å². The van der Waals surface area contributed by atoms with Crippen LogP contribution in [0.1, 0.15) is 28.5 Å². The molecule has 4 rings (SSSR count). The minimum absolute atomic E-state index is 0.0433. The second-order valence-electron chi connectivity index (χ2n) is 7.74. The Kier molecular flexibility index (Phi) is 6.06. The molecule has 2 aliphatic rings. The van der Waals surface area contributed by atoms with Gasteiger partial charge in [0, 0.05) is 31.1 Å². The molecule has 0 aliphatic carbocycles. The summed E-state index contributed by atoms with van der Waals surface area (Å²) in [7, 11) is -3.18. The van der Waals surface area contributed by atoms with Gasteiger partial charge in [0.25, 0.3) is 0 Å². The number of carbonyl (C=O) groups excluding carboxylic acids is 1. The average Bonchev–Trinajstić information content (AvgIpc) is 3.05. The molecule has 0 radical (unpaired) electrons. The highest BCUT2D eigenvalue weighted by atomic mass is 32.2. The molecular formula is C21H27N3O3S2. The Balaban J connectivity index is 1.50. The highest BCUT2D eigenvalue weighted by Crippen LogP contribution is 2.37. The maximum Gasteiger partial charge on any atom is 0.237 e. The zero-order valence-corrected chi connectivity index (χ0v) is 18.3. The van der Waals surface area contributed by atoms with Crippen LogP contribution in [0.2, 0.25) is 0 Å². The van der Waals surface area contributed by atoms with Crippen LogP contribution in [-0.4, -0.2) is 74.0 Å². The number of benzene rings is 1. The number of thiophene rings is 1. The Morgan fingerprint density at radius 2 is 1.86 bits per heavy atom. The van der Waals surface area contributed by atoms with Crippen molar-refractivity contribution in [3.63, 3.8) is 0 Å². The molecular weight excluding hydrogens is 406 g/mol. The van der Waals surface area contributed by atoms with E-state index in [2.05, 4.69) is 28.5 Å². The molecule has 1 amide bonds. The SMILES string of the molecule is CS(=O)(=O)N1CCCN(CC(=O)N2CCc3sccc3C2c2ccccc2)CC1. The van der Waals surface area contributed by atoms with Crippen molar-refractivity contribution >= 4 is 27.3 Å². The van der Waals surface area contributed by atoms with E-state index in [9.17, 15) is 13.2 Å². The lowest BCUT2D eigenvalue weighted by Crippen LogP contribution is -2.46. The van der Waals surface area contributed by atoms with Gasteiger partial charge in [-0.3, -0.25) is 9.69 Å². The van der Waals surface area contributed by atoms with Crippen molar-refractivity contribution in [2.45, 2.75) is 18.9 Å². The van der Waals surface area contributed by atoms with Crippen LogP contribution in [0.3, 0.4) is 0 Å². The van der Waals surface area contributed by atoms with Crippen molar-refractivity contribution in [3.8, 4) is 0 Å². The van der Waals surface area contributed by atoms with Crippen LogP contribution in [0.5, 0.6) is 0 Å². The molecule has 29 heavy (non-hydrogen) atoms. The van der Waals surface area contributed by atoms with Crippen molar-refractivity contribution in [3.05, 3.63) is 57.8 Å². The van der Waals surface area contributed by atoms with Gasteiger partial charge in [0.15, 0.2) is 0 Å². The number of hydrogen-bond acceptors (Lipinski definition) is 5. The van der Waals surface area contributed by atoms with Crippen molar-refractivity contribution in [2.75, 3.05) is 45.5 Å². The molecule has 1 aromatic heterocycles.